The molecule has 0 aliphatic heterocycles. The SMILES string of the molecule is Cc1ccn2c(NC(=O)c3ccc(Cl)c(Cl)c3)c(-c3ccccc3)nc2c1. The average molecular weight is 396 g/mol. The van der Waals surface area contributed by atoms with Crippen LogP contribution in [0, 0.1) is 6.92 Å². The van der Waals surface area contributed by atoms with Crippen molar-refractivity contribution in [1.82, 2.24) is 9.38 Å². The number of carbonyl (C=O) groups is 1. The fraction of sp³-hybridized carbons (Fsp3) is 0.0476. The highest BCUT2D eigenvalue weighted by molar-refractivity contribution is 6.42. The van der Waals surface area contributed by atoms with Crippen LogP contribution >= 0.6 is 23.2 Å². The highest BCUT2D eigenvalue weighted by Gasteiger charge is 2.18. The second-order valence-corrected chi connectivity index (χ2v) is 7.00. The van der Waals surface area contributed by atoms with E-state index in [-0.39, 0.29) is 5.91 Å². The zero-order valence-corrected chi connectivity index (χ0v) is 15.9. The first kappa shape index (κ1) is 17.6. The number of carbonyl (C=O) groups excluding carboxylic acids is 1. The van der Waals surface area contributed by atoms with Gasteiger partial charge in [0.15, 0.2) is 0 Å². The minimum atomic E-state index is -0.284. The molecule has 0 saturated heterocycles. The highest BCUT2D eigenvalue weighted by Crippen LogP contribution is 2.30. The zero-order valence-electron chi connectivity index (χ0n) is 14.4. The Balaban J connectivity index is 1.82. The third kappa shape index (κ3) is 3.42. The molecule has 4 aromatic rings. The molecule has 27 heavy (non-hydrogen) atoms. The van der Waals surface area contributed by atoms with E-state index in [0.29, 0.717) is 27.1 Å². The third-order valence-corrected chi connectivity index (χ3v) is 4.98. The van der Waals surface area contributed by atoms with Crippen molar-refractivity contribution in [2.45, 2.75) is 6.92 Å². The average Bonchev–Trinajstić information content (AvgIpc) is 3.02. The summed E-state index contributed by atoms with van der Waals surface area (Å²) >= 11 is 12.0. The summed E-state index contributed by atoms with van der Waals surface area (Å²) < 4.78 is 1.87. The van der Waals surface area contributed by atoms with E-state index in [1.54, 1.807) is 18.2 Å². The van der Waals surface area contributed by atoms with Gasteiger partial charge in [-0.25, -0.2) is 4.98 Å². The quantitative estimate of drug-likeness (QED) is 0.471. The summed E-state index contributed by atoms with van der Waals surface area (Å²) in [5, 5.41) is 3.71. The molecule has 2 aromatic carbocycles. The van der Waals surface area contributed by atoms with Gasteiger partial charge in [0.1, 0.15) is 17.2 Å². The number of nitrogens with zero attached hydrogens (tertiary/aromatic N) is 2. The van der Waals surface area contributed by atoms with E-state index in [9.17, 15) is 4.79 Å². The molecule has 0 spiro atoms. The van der Waals surface area contributed by atoms with Gasteiger partial charge in [0.05, 0.1) is 10.0 Å². The number of amides is 1. The van der Waals surface area contributed by atoms with Crippen molar-refractivity contribution in [3.05, 3.63) is 88.0 Å². The first-order valence-electron chi connectivity index (χ1n) is 8.33. The molecule has 2 heterocycles. The van der Waals surface area contributed by atoms with Crippen molar-refractivity contribution in [2.75, 3.05) is 5.32 Å². The molecule has 0 bridgehead atoms. The number of halogens is 2. The lowest BCUT2D eigenvalue weighted by Gasteiger charge is -2.09. The summed E-state index contributed by atoms with van der Waals surface area (Å²) in [6.07, 6.45) is 1.90. The molecule has 1 N–H and O–H groups in total. The van der Waals surface area contributed by atoms with Gasteiger partial charge in [0.2, 0.25) is 0 Å². The summed E-state index contributed by atoms with van der Waals surface area (Å²) in [5.41, 5.74) is 3.90. The van der Waals surface area contributed by atoms with Crippen LogP contribution in [0.2, 0.25) is 10.0 Å². The van der Waals surface area contributed by atoms with Crippen LogP contribution in [0.1, 0.15) is 15.9 Å². The fourth-order valence-electron chi connectivity index (χ4n) is 2.88. The van der Waals surface area contributed by atoms with Gasteiger partial charge in [-0.15, -0.1) is 0 Å². The zero-order chi connectivity index (χ0) is 19.0. The molecule has 0 aliphatic rings. The van der Waals surface area contributed by atoms with Crippen LogP contribution in [0.5, 0.6) is 0 Å². The Labute approximate surface area is 166 Å². The predicted molar refractivity (Wildman–Crippen MR) is 110 cm³/mol. The maximum absolute atomic E-state index is 12.8. The van der Waals surface area contributed by atoms with Crippen molar-refractivity contribution in [1.29, 1.82) is 0 Å². The van der Waals surface area contributed by atoms with Gasteiger partial charge in [-0.3, -0.25) is 9.20 Å². The van der Waals surface area contributed by atoms with E-state index < -0.39 is 0 Å². The van der Waals surface area contributed by atoms with Crippen LogP contribution in [0.3, 0.4) is 0 Å². The van der Waals surface area contributed by atoms with Crippen LogP contribution in [0.25, 0.3) is 16.9 Å². The molecule has 0 fully saturated rings. The van der Waals surface area contributed by atoms with Crippen LogP contribution < -0.4 is 5.32 Å². The Bertz CT molecular complexity index is 1150. The molecular formula is C21H15Cl2N3O. The molecule has 6 heteroatoms. The number of aromatic nitrogens is 2. The van der Waals surface area contributed by atoms with Gasteiger partial charge >= 0.3 is 0 Å². The van der Waals surface area contributed by atoms with Crippen molar-refractivity contribution >= 4 is 40.6 Å². The van der Waals surface area contributed by atoms with Crippen LogP contribution in [-0.4, -0.2) is 15.3 Å². The minimum Gasteiger partial charge on any atom is -0.306 e. The maximum atomic E-state index is 12.8. The summed E-state index contributed by atoms with van der Waals surface area (Å²) in [5.74, 6) is 0.320. The predicted octanol–water partition coefficient (Wildman–Crippen LogP) is 5.87. The standard InChI is InChI=1S/C21H15Cl2N3O/c1-13-9-10-26-18(11-13)24-19(14-5-3-2-4-6-14)20(26)25-21(27)15-7-8-16(22)17(23)12-15/h2-12H,1H3,(H,25,27). The van der Waals surface area contributed by atoms with Crippen LogP contribution in [0.15, 0.2) is 66.9 Å². The van der Waals surface area contributed by atoms with Gasteiger partial charge in [0, 0.05) is 17.3 Å². The molecule has 2 aromatic heterocycles. The number of imidazole rings is 1. The number of aryl methyl sites for hydroxylation is 1. The second kappa shape index (κ2) is 7.06. The van der Waals surface area contributed by atoms with Gasteiger partial charge < -0.3 is 5.32 Å². The van der Waals surface area contributed by atoms with Crippen molar-refractivity contribution < 1.29 is 4.79 Å². The Hall–Kier alpha value is -2.82. The minimum absolute atomic E-state index is 0.284. The van der Waals surface area contributed by atoms with E-state index in [2.05, 4.69) is 5.32 Å². The van der Waals surface area contributed by atoms with E-state index in [1.165, 1.54) is 0 Å². The lowest BCUT2D eigenvalue weighted by molar-refractivity contribution is 0.102. The molecule has 0 unspecified atom stereocenters. The number of rotatable bonds is 3. The number of benzene rings is 2. The Morgan fingerprint density at radius 2 is 1.78 bits per heavy atom. The normalized spacial score (nSPS) is 10.9. The Morgan fingerprint density at radius 1 is 1.00 bits per heavy atom. The van der Waals surface area contributed by atoms with E-state index in [0.717, 1.165) is 16.8 Å². The summed E-state index contributed by atoms with van der Waals surface area (Å²) in [7, 11) is 0. The number of pyridine rings is 1. The molecule has 134 valence electrons. The lowest BCUT2D eigenvalue weighted by atomic mass is 10.1. The van der Waals surface area contributed by atoms with Crippen LogP contribution in [-0.2, 0) is 0 Å². The summed E-state index contributed by atoms with van der Waals surface area (Å²) in [4.78, 5) is 17.5. The molecular weight excluding hydrogens is 381 g/mol. The number of hydrogen-bond donors (Lipinski definition) is 1. The van der Waals surface area contributed by atoms with Crippen LogP contribution in [0.4, 0.5) is 5.82 Å². The topological polar surface area (TPSA) is 46.4 Å². The first-order chi connectivity index (χ1) is 13.0. The van der Waals surface area contributed by atoms with E-state index >= 15 is 0 Å². The third-order valence-electron chi connectivity index (χ3n) is 4.24. The van der Waals surface area contributed by atoms with Gasteiger partial charge in [-0.2, -0.15) is 0 Å². The lowest BCUT2D eigenvalue weighted by Crippen LogP contribution is -2.14. The molecule has 1 amide bonds. The Morgan fingerprint density at radius 3 is 2.52 bits per heavy atom. The highest BCUT2D eigenvalue weighted by atomic mass is 35.5. The molecule has 0 aliphatic carbocycles. The number of fused-ring (bicyclic) bond motifs is 1. The van der Waals surface area contributed by atoms with Gasteiger partial charge in [-0.1, -0.05) is 53.5 Å². The first-order valence-corrected chi connectivity index (χ1v) is 9.09. The summed E-state index contributed by atoms with van der Waals surface area (Å²) in [6.45, 7) is 2.00. The van der Waals surface area contributed by atoms with Gasteiger partial charge in [0.25, 0.3) is 5.91 Å². The Kier molecular flexibility index (Phi) is 4.60. The monoisotopic (exact) mass is 395 g/mol. The molecule has 0 radical (unpaired) electrons. The molecule has 4 rings (SSSR count). The van der Waals surface area contributed by atoms with Crippen molar-refractivity contribution in [3.8, 4) is 11.3 Å². The number of hydrogen-bond acceptors (Lipinski definition) is 2. The fourth-order valence-corrected chi connectivity index (χ4v) is 3.18. The molecule has 0 saturated carbocycles. The summed E-state index contributed by atoms with van der Waals surface area (Å²) in [6, 6.07) is 18.5. The van der Waals surface area contributed by atoms with Crippen molar-refractivity contribution in [2.24, 2.45) is 0 Å². The molecule has 0 atom stereocenters. The maximum Gasteiger partial charge on any atom is 0.256 e. The number of nitrogens with one attached hydrogen (secondary N) is 1. The van der Waals surface area contributed by atoms with E-state index in [1.807, 2.05) is 60.0 Å². The van der Waals surface area contributed by atoms with E-state index in [4.69, 9.17) is 28.2 Å². The molecule has 4 nitrogen and oxygen atoms in total. The smallest absolute Gasteiger partial charge is 0.256 e. The second-order valence-electron chi connectivity index (χ2n) is 6.19. The number of anilines is 1. The van der Waals surface area contributed by atoms with Crippen molar-refractivity contribution in [3.63, 3.8) is 0 Å². The largest absolute Gasteiger partial charge is 0.306 e. The van der Waals surface area contributed by atoms with Gasteiger partial charge in [-0.05, 0) is 42.8 Å².